The first-order valence-electron chi connectivity index (χ1n) is 14.0. The number of amides is 2. The van der Waals surface area contributed by atoms with Gasteiger partial charge in [0.15, 0.2) is 0 Å². The van der Waals surface area contributed by atoms with Crippen LogP contribution in [0.25, 0.3) is 0 Å². The number of halogens is 2. The SMILES string of the molecule is CCCCN(C(=O)Nc1cnn(C)c1)C1CCN(Cc2ccc(Oc3c(C)cc(NS(C)(=O)=O)cc3C)nc2)CC1.Cl.Cl. The fourth-order valence-corrected chi connectivity index (χ4v) is 5.71. The van der Waals surface area contributed by atoms with Gasteiger partial charge >= 0.3 is 6.03 Å². The molecule has 1 aliphatic heterocycles. The molecule has 0 radical (unpaired) electrons. The number of aryl methyl sites for hydroxylation is 3. The molecule has 11 nitrogen and oxygen atoms in total. The van der Waals surface area contributed by atoms with Crippen molar-refractivity contribution in [1.82, 2.24) is 24.6 Å². The third kappa shape index (κ3) is 10.6. The third-order valence-electron chi connectivity index (χ3n) is 7.14. The zero-order valence-electron chi connectivity index (χ0n) is 25.4. The lowest BCUT2D eigenvalue weighted by Gasteiger charge is -2.38. The molecule has 3 heterocycles. The van der Waals surface area contributed by atoms with Crippen molar-refractivity contribution in [3.8, 4) is 11.6 Å². The second-order valence-corrected chi connectivity index (χ2v) is 12.6. The maximum atomic E-state index is 13.1. The Kier molecular flexibility index (Phi) is 13.6. The summed E-state index contributed by atoms with van der Waals surface area (Å²) in [4.78, 5) is 22.0. The molecule has 238 valence electrons. The van der Waals surface area contributed by atoms with Crippen molar-refractivity contribution in [2.24, 2.45) is 7.05 Å². The number of carbonyl (C=O) groups excluding carboxylic acids is 1. The molecular weight excluding hydrogens is 613 g/mol. The number of carbonyl (C=O) groups is 1. The molecule has 2 aromatic heterocycles. The number of nitrogens with one attached hydrogen (secondary N) is 2. The van der Waals surface area contributed by atoms with Crippen molar-refractivity contribution in [2.75, 3.05) is 35.9 Å². The first-order chi connectivity index (χ1) is 19.5. The number of benzene rings is 1. The average molecular weight is 657 g/mol. The molecule has 43 heavy (non-hydrogen) atoms. The van der Waals surface area contributed by atoms with Crippen molar-refractivity contribution in [3.63, 3.8) is 0 Å². The number of piperidine rings is 1. The fraction of sp³-hybridized carbons (Fsp3) is 0.483. The minimum atomic E-state index is -3.36. The van der Waals surface area contributed by atoms with E-state index in [2.05, 4.69) is 31.9 Å². The maximum Gasteiger partial charge on any atom is 0.322 e. The summed E-state index contributed by atoms with van der Waals surface area (Å²) in [5.41, 5.74) is 3.93. The van der Waals surface area contributed by atoms with Gasteiger partial charge in [0, 0.05) is 63.4 Å². The van der Waals surface area contributed by atoms with Crippen LogP contribution in [-0.4, -0.2) is 70.9 Å². The number of unbranched alkanes of at least 4 members (excludes halogenated alkanes) is 1. The third-order valence-corrected chi connectivity index (χ3v) is 7.75. The van der Waals surface area contributed by atoms with E-state index < -0.39 is 10.0 Å². The van der Waals surface area contributed by atoms with Crippen LogP contribution in [0.3, 0.4) is 0 Å². The van der Waals surface area contributed by atoms with Gasteiger partial charge in [0.2, 0.25) is 15.9 Å². The van der Waals surface area contributed by atoms with Crippen molar-refractivity contribution in [3.05, 3.63) is 59.5 Å². The molecule has 1 aromatic carbocycles. The Labute approximate surface area is 267 Å². The highest BCUT2D eigenvalue weighted by atomic mass is 35.5. The summed E-state index contributed by atoms with van der Waals surface area (Å²) in [6, 6.07) is 7.51. The predicted octanol–water partition coefficient (Wildman–Crippen LogP) is 5.74. The number of urea groups is 1. The van der Waals surface area contributed by atoms with E-state index in [1.165, 1.54) is 0 Å². The molecule has 2 amide bonds. The first kappa shape index (κ1) is 36.1. The van der Waals surface area contributed by atoms with E-state index in [0.717, 1.165) is 74.8 Å². The molecule has 0 atom stereocenters. The Hall–Kier alpha value is -3.06. The summed E-state index contributed by atoms with van der Waals surface area (Å²) < 4.78 is 33.4. The predicted molar refractivity (Wildman–Crippen MR) is 175 cm³/mol. The van der Waals surface area contributed by atoms with Crippen LogP contribution in [0.2, 0.25) is 0 Å². The largest absolute Gasteiger partial charge is 0.438 e. The summed E-state index contributed by atoms with van der Waals surface area (Å²) in [5, 5.41) is 7.15. The Morgan fingerprint density at radius 1 is 1.09 bits per heavy atom. The van der Waals surface area contributed by atoms with Crippen LogP contribution in [-0.2, 0) is 23.6 Å². The van der Waals surface area contributed by atoms with Gasteiger partial charge < -0.3 is 15.0 Å². The standard InChI is InChI=1S/C29H41N7O4S.2ClH/c1-6-7-12-36(29(37)32-25-18-31-34(4)20-25)26-10-13-35(14-11-26)19-23-8-9-27(30-17-23)40-28-21(2)15-24(16-22(28)3)33-41(5,38)39;;/h8-9,15-18,20,26,33H,6-7,10-14,19H2,1-5H3,(H,32,37);2*1H. The van der Waals surface area contributed by atoms with E-state index in [1.807, 2.05) is 44.1 Å². The van der Waals surface area contributed by atoms with Crippen LogP contribution in [0.1, 0.15) is 49.3 Å². The molecule has 1 saturated heterocycles. The highest BCUT2D eigenvalue weighted by Gasteiger charge is 2.28. The molecule has 0 aliphatic carbocycles. The van der Waals surface area contributed by atoms with Crippen molar-refractivity contribution in [2.45, 2.75) is 59.0 Å². The molecule has 1 aliphatic rings. The molecule has 0 saturated carbocycles. The lowest BCUT2D eigenvalue weighted by molar-refractivity contribution is 0.122. The molecule has 4 rings (SSSR count). The van der Waals surface area contributed by atoms with E-state index in [1.54, 1.807) is 29.2 Å². The van der Waals surface area contributed by atoms with Gasteiger partial charge in [-0.3, -0.25) is 14.3 Å². The normalized spacial score (nSPS) is 13.9. The van der Waals surface area contributed by atoms with E-state index in [-0.39, 0.29) is 36.9 Å². The molecule has 0 spiro atoms. The Morgan fingerprint density at radius 3 is 2.30 bits per heavy atom. The van der Waals surface area contributed by atoms with Gasteiger partial charge in [0.25, 0.3) is 0 Å². The summed E-state index contributed by atoms with van der Waals surface area (Å²) in [5.74, 6) is 1.14. The molecular formula is C29H43Cl2N7O4S. The number of pyridine rings is 1. The highest BCUT2D eigenvalue weighted by molar-refractivity contribution is 7.92. The first-order valence-corrected chi connectivity index (χ1v) is 15.9. The lowest BCUT2D eigenvalue weighted by atomic mass is 10.0. The van der Waals surface area contributed by atoms with Gasteiger partial charge in [0.1, 0.15) is 5.75 Å². The molecule has 0 bridgehead atoms. The van der Waals surface area contributed by atoms with Crippen molar-refractivity contribution >= 4 is 52.2 Å². The Bertz CT molecular complexity index is 1420. The number of nitrogens with zero attached hydrogens (tertiary/aromatic N) is 5. The van der Waals surface area contributed by atoms with Crippen LogP contribution in [0, 0.1) is 13.8 Å². The smallest absolute Gasteiger partial charge is 0.322 e. The Balaban J connectivity index is 0.00000323. The minimum absolute atomic E-state index is 0. The van der Waals surface area contributed by atoms with Crippen LogP contribution in [0.5, 0.6) is 11.6 Å². The van der Waals surface area contributed by atoms with Gasteiger partial charge in [-0.25, -0.2) is 18.2 Å². The highest BCUT2D eigenvalue weighted by Crippen LogP contribution is 2.31. The van der Waals surface area contributed by atoms with Crippen LogP contribution in [0.15, 0.2) is 42.9 Å². The van der Waals surface area contributed by atoms with E-state index in [9.17, 15) is 13.2 Å². The van der Waals surface area contributed by atoms with E-state index >= 15 is 0 Å². The quantitative estimate of drug-likeness (QED) is 0.270. The van der Waals surface area contributed by atoms with Crippen LogP contribution in [0.4, 0.5) is 16.2 Å². The van der Waals surface area contributed by atoms with Gasteiger partial charge in [-0.2, -0.15) is 5.10 Å². The summed E-state index contributed by atoms with van der Waals surface area (Å²) in [6.07, 6.45) is 10.3. The number of hydrogen-bond acceptors (Lipinski definition) is 7. The number of likely N-dealkylation sites (tertiary alicyclic amines) is 1. The average Bonchev–Trinajstić information content (AvgIpc) is 3.31. The summed E-state index contributed by atoms with van der Waals surface area (Å²) in [7, 11) is -1.52. The number of hydrogen-bond donors (Lipinski definition) is 2. The molecule has 3 aromatic rings. The molecule has 1 fully saturated rings. The maximum absolute atomic E-state index is 13.1. The second-order valence-electron chi connectivity index (χ2n) is 10.8. The second kappa shape index (κ2) is 16.1. The molecule has 14 heteroatoms. The van der Waals surface area contributed by atoms with Crippen molar-refractivity contribution in [1.29, 1.82) is 0 Å². The zero-order valence-corrected chi connectivity index (χ0v) is 27.8. The summed E-state index contributed by atoms with van der Waals surface area (Å²) >= 11 is 0. The number of aromatic nitrogens is 3. The fourth-order valence-electron chi connectivity index (χ4n) is 5.16. The van der Waals surface area contributed by atoms with E-state index in [4.69, 9.17) is 4.74 Å². The van der Waals surface area contributed by atoms with Gasteiger partial charge in [-0.05, 0) is 61.9 Å². The topological polar surface area (TPSA) is 122 Å². The molecule has 2 N–H and O–H groups in total. The minimum Gasteiger partial charge on any atom is -0.438 e. The lowest BCUT2D eigenvalue weighted by Crippen LogP contribution is -2.49. The Morgan fingerprint density at radius 2 is 1.77 bits per heavy atom. The van der Waals surface area contributed by atoms with Gasteiger partial charge in [-0.15, -0.1) is 24.8 Å². The van der Waals surface area contributed by atoms with Gasteiger partial charge in [-0.1, -0.05) is 19.4 Å². The van der Waals surface area contributed by atoms with E-state index in [0.29, 0.717) is 23.0 Å². The van der Waals surface area contributed by atoms with Gasteiger partial charge in [0.05, 0.1) is 18.1 Å². The molecule has 0 unspecified atom stereocenters. The number of anilines is 2. The number of rotatable bonds is 11. The van der Waals surface area contributed by atoms with Crippen LogP contribution >= 0.6 is 24.8 Å². The monoisotopic (exact) mass is 655 g/mol. The zero-order chi connectivity index (χ0) is 29.6. The summed E-state index contributed by atoms with van der Waals surface area (Å²) in [6.45, 7) is 9.21. The number of sulfonamides is 1. The van der Waals surface area contributed by atoms with Crippen molar-refractivity contribution < 1.29 is 17.9 Å². The number of ether oxygens (including phenoxy) is 1. The van der Waals surface area contributed by atoms with Crippen LogP contribution < -0.4 is 14.8 Å².